The Bertz CT molecular complexity index is 501. The minimum Gasteiger partial charge on any atom is -0.361 e. The van der Waals surface area contributed by atoms with E-state index in [-0.39, 0.29) is 0 Å². The molecule has 0 saturated carbocycles. The highest BCUT2D eigenvalue weighted by molar-refractivity contribution is 5.68. The zero-order valence-corrected chi connectivity index (χ0v) is 10.6. The van der Waals surface area contributed by atoms with Crippen LogP contribution in [0.15, 0.2) is 24.7 Å². The van der Waals surface area contributed by atoms with Crippen LogP contribution in [0.4, 0.5) is 5.82 Å². The summed E-state index contributed by atoms with van der Waals surface area (Å²) in [6, 6.07) is 2.27. The van der Waals surface area contributed by atoms with E-state index in [0.29, 0.717) is 6.04 Å². The van der Waals surface area contributed by atoms with Crippen molar-refractivity contribution in [2.75, 3.05) is 19.0 Å². The Balaban J connectivity index is 2.56. The summed E-state index contributed by atoms with van der Waals surface area (Å²) >= 11 is 0. The Hall–Kier alpha value is -1.91. The van der Waals surface area contributed by atoms with Crippen molar-refractivity contribution in [3.05, 3.63) is 24.7 Å². The molecule has 2 aromatic rings. The van der Waals surface area contributed by atoms with E-state index in [4.69, 9.17) is 0 Å². The van der Waals surface area contributed by atoms with Gasteiger partial charge in [0.25, 0.3) is 0 Å². The minimum atomic E-state index is 0.303. The molecule has 0 N–H and O–H groups in total. The molecule has 17 heavy (non-hydrogen) atoms. The van der Waals surface area contributed by atoms with Crippen LogP contribution in [0.5, 0.6) is 0 Å². The van der Waals surface area contributed by atoms with Crippen LogP contribution in [0.2, 0.25) is 0 Å². The molecule has 0 aliphatic carbocycles. The van der Waals surface area contributed by atoms with Gasteiger partial charge in [0.05, 0.1) is 5.69 Å². The minimum absolute atomic E-state index is 0.303. The molecule has 0 aromatic carbocycles. The van der Waals surface area contributed by atoms with Gasteiger partial charge in [-0.25, -0.2) is 9.97 Å². The zero-order valence-electron chi connectivity index (χ0n) is 10.6. The lowest BCUT2D eigenvalue weighted by Gasteiger charge is -2.16. The Morgan fingerprint density at radius 3 is 2.47 bits per heavy atom. The lowest BCUT2D eigenvalue weighted by atomic mass is 10.2. The second kappa shape index (κ2) is 4.53. The van der Waals surface area contributed by atoms with Crippen LogP contribution in [-0.2, 0) is 0 Å². The van der Waals surface area contributed by atoms with Crippen LogP contribution in [-0.4, -0.2) is 33.8 Å². The molecule has 5 heteroatoms. The molecule has 0 spiro atoms. The molecular formula is C12H17N5. The third-order valence-corrected chi connectivity index (χ3v) is 2.50. The fourth-order valence-corrected chi connectivity index (χ4v) is 1.75. The average molecular weight is 231 g/mol. The Kier molecular flexibility index (Phi) is 3.08. The van der Waals surface area contributed by atoms with E-state index in [9.17, 15) is 0 Å². The topological polar surface area (TPSA) is 46.8 Å². The summed E-state index contributed by atoms with van der Waals surface area (Å²) in [4.78, 5) is 10.7. The van der Waals surface area contributed by atoms with Gasteiger partial charge in [-0.2, -0.15) is 5.10 Å². The van der Waals surface area contributed by atoms with Crippen molar-refractivity contribution in [3.8, 4) is 11.4 Å². The standard InChI is InChI=1S/C12H17N5/c1-9(2)17-10(5-6-15-17)11-12(16(3)4)14-8-7-13-11/h5-9H,1-4H3. The van der Waals surface area contributed by atoms with Gasteiger partial charge < -0.3 is 4.90 Å². The van der Waals surface area contributed by atoms with E-state index < -0.39 is 0 Å². The fourth-order valence-electron chi connectivity index (χ4n) is 1.75. The van der Waals surface area contributed by atoms with Crippen molar-refractivity contribution >= 4 is 5.82 Å². The number of hydrogen-bond acceptors (Lipinski definition) is 4. The summed E-state index contributed by atoms with van der Waals surface area (Å²) in [5.74, 6) is 0.856. The molecular weight excluding hydrogens is 214 g/mol. The van der Waals surface area contributed by atoms with Gasteiger partial charge in [-0.05, 0) is 19.9 Å². The number of rotatable bonds is 3. The maximum absolute atomic E-state index is 4.42. The molecule has 2 aromatic heterocycles. The van der Waals surface area contributed by atoms with Gasteiger partial charge in [0.15, 0.2) is 5.82 Å². The van der Waals surface area contributed by atoms with Gasteiger partial charge in [0.2, 0.25) is 0 Å². The Morgan fingerprint density at radius 1 is 1.12 bits per heavy atom. The van der Waals surface area contributed by atoms with Crippen molar-refractivity contribution in [2.45, 2.75) is 19.9 Å². The summed E-state index contributed by atoms with van der Waals surface area (Å²) in [6.45, 7) is 4.20. The summed E-state index contributed by atoms with van der Waals surface area (Å²) in [5, 5.41) is 4.32. The molecule has 0 aliphatic heterocycles. The summed E-state index contributed by atoms with van der Waals surface area (Å²) in [5.41, 5.74) is 1.86. The van der Waals surface area contributed by atoms with Crippen LogP contribution in [0.3, 0.4) is 0 Å². The fraction of sp³-hybridized carbons (Fsp3) is 0.417. The van der Waals surface area contributed by atoms with Crippen molar-refractivity contribution in [1.29, 1.82) is 0 Å². The SMILES string of the molecule is CC(C)n1nccc1-c1nccnc1N(C)C. The highest BCUT2D eigenvalue weighted by Crippen LogP contribution is 2.26. The van der Waals surface area contributed by atoms with Gasteiger partial charge in [-0.15, -0.1) is 0 Å². The van der Waals surface area contributed by atoms with E-state index in [0.717, 1.165) is 17.2 Å². The normalized spacial score (nSPS) is 10.9. The van der Waals surface area contributed by atoms with Gasteiger partial charge >= 0.3 is 0 Å². The van der Waals surface area contributed by atoms with Crippen molar-refractivity contribution in [3.63, 3.8) is 0 Å². The Morgan fingerprint density at radius 2 is 1.82 bits per heavy atom. The molecule has 2 rings (SSSR count). The van der Waals surface area contributed by atoms with E-state index in [1.54, 1.807) is 18.6 Å². The third-order valence-electron chi connectivity index (χ3n) is 2.50. The molecule has 0 saturated heterocycles. The average Bonchev–Trinajstić information content (AvgIpc) is 2.77. The summed E-state index contributed by atoms with van der Waals surface area (Å²) < 4.78 is 1.96. The molecule has 0 aliphatic rings. The maximum Gasteiger partial charge on any atom is 0.156 e. The van der Waals surface area contributed by atoms with Crippen molar-refractivity contribution < 1.29 is 0 Å². The summed E-state index contributed by atoms with van der Waals surface area (Å²) in [6.07, 6.45) is 5.21. The summed E-state index contributed by atoms with van der Waals surface area (Å²) in [7, 11) is 3.92. The van der Waals surface area contributed by atoms with E-state index in [1.165, 1.54) is 0 Å². The molecule has 0 atom stereocenters. The number of aromatic nitrogens is 4. The molecule has 2 heterocycles. The van der Waals surface area contributed by atoms with Crippen molar-refractivity contribution in [2.24, 2.45) is 0 Å². The molecule has 0 amide bonds. The smallest absolute Gasteiger partial charge is 0.156 e. The zero-order chi connectivity index (χ0) is 12.4. The second-order valence-corrected chi connectivity index (χ2v) is 4.38. The van der Waals surface area contributed by atoms with Crippen molar-refractivity contribution in [1.82, 2.24) is 19.7 Å². The highest BCUT2D eigenvalue weighted by Gasteiger charge is 2.15. The molecule has 0 bridgehead atoms. The number of anilines is 1. The van der Waals surface area contributed by atoms with Crippen LogP contribution < -0.4 is 4.90 Å². The first-order valence-corrected chi connectivity index (χ1v) is 5.63. The molecule has 0 unspecified atom stereocenters. The third kappa shape index (κ3) is 2.13. The number of hydrogen-bond donors (Lipinski definition) is 0. The lowest BCUT2D eigenvalue weighted by Crippen LogP contribution is -2.14. The quantitative estimate of drug-likeness (QED) is 0.810. The van der Waals surface area contributed by atoms with Crippen LogP contribution in [0.1, 0.15) is 19.9 Å². The Labute approximate surface area is 101 Å². The predicted octanol–water partition coefficient (Wildman–Crippen LogP) is 1.99. The number of nitrogens with zero attached hydrogens (tertiary/aromatic N) is 5. The monoisotopic (exact) mass is 231 g/mol. The predicted molar refractivity (Wildman–Crippen MR) is 68.0 cm³/mol. The molecule has 0 fully saturated rings. The first-order chi connectivity index (χ1) is 8.11. The lowest BCUT2D eigenvalue weighted by molar-refractivity contribution is 0.537. The van der Waals surface area contributed by atoms with E-state index in [1.807, 2.05) is 29.7 Å². The second-order valence-electron chi connectivity index (χ2n) is 4.38. The first-order valence-electron chi connectivity index (χ1n) is 5.63. The largest absolute Gasteiger partial charge is 0.361 e. The highest BCUT2D eigenvalue weighted by atomic mass is 15.3. The van der Waals surface area contributed by atoms with Crippen LogP contribution in [0, 0.1) is 0 Å². The van der Waals surface area contributed by atoms with Gasteiger partial charge in [0.1, 0.15) is 5.69 Å². The van der Waals surface area contributed by atoms with Gasteiger partial charge in [-0.3, -0.25) is 4.68 Å². The van der Waals surface area contributed by atoms with E-state index in [2.05, 4.69) is 28.9 Å². The first kappa shape index (κ1) is 11.6. The molecule has 90 valence electrons. The molecule has 0 radical (unpaired) electrons. The maximum atomic E-state index is 4.42. The van der Waals surface area contributed by atoms with Gasteiger partial charge in [-0.1, -0.05) is 0 Å². The van der Waals surface area contributed by atoms with Crippen LogP contribution >= 0.6 is 0 Å². The molecule has 5 nitrogen and oxygen atoms in total. The van der Waals surface area contributed by atoms with Crippen LogP contribution in [0.25, 0.3) is 11.4 Å². The van der Waals surface area contributed by atoms with Gasteiger partial charge in [0, 0.05) is 38.7 Å². The van der Waals surface area contributed by atoms with E-state index >= 15 is 0 Å².